The summed E-state index contributed by atoms with van der Waals surface area (Å²) >= 11 is 1.56. The number of nitrogens with one attached hydrogen (secondary N) is 1. The third kappa shape index (κ3) is 5.46. The molecule has 1 rings (SSSR count). The first-order chi connectivity index (χ1) is 9.30. The molecule has 2 N–H and O–H groups in total. The number of aromatic nitrogens is 1. The summed E-state index contributed by atoms with van der Waals surface area (Å²) < 4.78 is 5.21. The molecule has 1 heterocycles. The lowest BCUT2D eigenvalue weighted by molar-refractivity contribution is 0.0461. The van der Waals surface area contributed by atoms with Gasteiger partial charge in [-0.15, -0.1) is 11.3 Å². The number of ether oxygens (including phenoxy) is 1. The van der Waals surface area contributed by atoms with Crippen LogP contribution in [0.5, 0.6) is 0 Å². The molecule has 0 aliphatic rings. The van der Waals surface area contributed by atoms with Gasteiger partial charge >= 0.3 is 6.09 Å². The number of rotatable bonds is 6. The molecule has 0 spiro atoms. The average Bonchev–Trinajstić information content (AvgIpc) is 2.85. The van der Waals surface area contributed by atoms with E-state index in [1.165, 1.54) is 0 Å². The molecule has 1 aromatic rings. The maximum atomic E-state index is 11.7. The summed E-state index contributed by atoms with van der Waals surface area (Å²) in [5.74, 6) is 0. The Hall–Kier alpha value is -1.14. The summed E-state index contributed by atoms with van der Waals surface area (Å²) in [5, 5.41) is 15.3. The zero-order chi connectivity index (χ0) is 15.2. The number of hydrogen-bond acceptors (Lipinski definition) is 5. The molecule has 0 aromatic carbocycles. The van der Waals surface area contributed by atoms with E-state index >= 15 is 0 Å². The fraction of sp³-hybridized carbons (Fsp3) is 0.714. The summed E-state index contributed by atoms with van der Waals surface area (Å²) in [5.41, 5.74) is -0.914. The number of aliphatic hydroxyl groups is 1. The molecule has 0 bridgehead atoms. The second-order valence-electron chi connectivity index (χ2n) is 5.97. The summed E-state index contributed by atoms with van der Waals surface area (Å²) in [6.45, 7) is 7.83. The van der Waals surface area contributed by atoms with Gasteiger partial charge in [-0.3, -0.25) is 0 Å². The highest BCUT2D eigenvalue weighted by atomic mass is 32.1. The molecule has 1 amide bonds. The molecule has 6 heteroatoms. The number of nitrogens with zero attached hydrogens (tertiary/aromatic N) is 1. The van der Waals surface area contributed by atoms with Crippen molar-refractivity contribution in [2.75, 3.05) is 13.2 Å². The Kier molecular flexibility index (Phi) is 5.95. The first kappa shape index (κ1) is 16.9. The minimum absolute atomic E-state index is 0.00111. The minimum atomic E-state index is -0.520. The van der Waals surface area contributed by atoms with Gasteiger partial charge in [-0.2, -0.15) is 0 Å². The van der Waals surface area contributed by atoms with Crippen molar-refractivity contribution in [3.05, 3.63) is 16.6 Å². The summed E-state index contributed by atoms with van der Waals surface area (Å²) in [6.07, 6.45) is 2.69. The number of amides is 1. The fourth-order valence-corrected chi connectivity index (χ4v) is 2.56. The Bertz CT molecular complexity index is 409. The van der Waals surface area contributed by atoms with Gasteiger partial charge in [0.2, 0.25) is 0 Å². The number of thiazole rings is 1. The molecule has 1 aromatic heterocycles. The molecule has 0 saturated carbocycles. The Morgan fingerprint density at radius 2 is 2.20 bits per heavy atom. The Labute approximate surface area is 124 Å². The van der Waals surface area contributed by atoms with Crippen LogP contribution in [0, 0.1) is 5.41 Å². The van der Waals surface area contributed by atoms with E-state index in [4.69, 9.17) is 4.74 Å². The summed E-state index contributed by atoms with van der Waals surface area (Å²) in [7, 11) is 0. The van der Waals surface area contributed by atoms with Gasteiger partial charge in [0, 0.05) is 30.0 Å². The van der Waals surface area contributed by atoms with Gasteiger partial charge in [-0.05, 0) is 27.2 Å². The SMILES string of the molecule is CCC(CO)(CNC(=O)OC(C)(C)C)Cc1nccs1. The van der Waals surface area contributed by atoms with Crippen LogP contribution in [0.4, 0.5) is 4.79 Å². The molecule has 114 valence electrons. The van der Waals surface area contributed by atoms with Crippen LogP contribution in [0.3, 0.4) is 0 Å². The van der Waals surface area contributed by atoms with Crippen molar-refractivity contribution in [2.24, 2.45) is 5.41 Å². The van der Waals surface area contributed by atoms with E-state index in [1.54, 1.807) is 17.5 Å². The predicted octanol–water partition coefficient (Wildman–Crippen LogP) is 2.60. The van der Waals surface area contributed by atoms with E-state index in [1.807, 2.05) is 33.1 Å². The summed E-state index contributed by atoms with van der Waals surface area (Å²) in [4.78, 5) is 16.0. The smallest absolute Gasteiger partial charge is 0.407 e. The molecule has 1 unspecified atom stereocenters. The normalized spacial score (nSPS) is 14.7. The topological polar surface area (TPSA) is 71.5 Å². The van der Waals surface area contributed by atoms with Crippen LogP contribution >= 0.6 is 11.3 Å². The van der Waals surface area contributed by atoms with Crippen LogP contribution in [-0.2, 0) is 11.2 Å². The lowest BCUT2D eigenvalue weighted by atomic mass is 9.82. The zero-order valence-electron chi connectivity index (χ0n) is 12.6. The fourth-order valence-electron chi connectivity index (χ4n) is 1.77. The van der Waals surface area contributed by atoms with Gasteiger partial charge in [0.15, 0.2) is 0 Å². The van der Waals surface area contributed by atoms with Crippen LogP contribution in [0.15, 0.2) is 11.6 Å². The first-order valence-electron chi connectivity index (χ1n) is 6.76. The van der Waals surface area contributed by atoms with Crippen molar-refractivity contribution in [1.82, 2.24) is 10.3 Å². The molecular formula is C14H24N2O3S. The van der Waals surface area contributed by atoms with Crippen LogP contribution in [-0.4, -0.2) is 34.9 Å². The van der Waals surface area contributed by atoms with Crippen molar-refractivity contribution >= 4 is 17.4 Å². The van der Waals surface area contributed by atoms with E-state index in [-0.39, 0.29) is 6.61 Å². The largest absolute Gasteiger partial charge is 0.444 e. The molecular weight excluding hydrogens is 276 g/mol. The molecule has 0 saturated heterocycles. The van der Waals surface area contributed by atoms with E-state index in [0.29, 0.717) is 13.0 Å². The quantitative estimate of drug-likeness (QED) is 0.847. The number of hydrogen-bond donors (Lipinski definition) is 2. The molecule has 20 heavy (non-hydrogen) atoms. The van der Waals surface area contributed by atoms with Crippen molar-refractivity contribution in [2.45, 2.75) is 46.1 Å². The maximum absolute atomic E-state index is 11.7. The standard InChI is InChI=1S/C14H24N2O3S/c1-5-14(10-17,8-11-15-6-7-20-11)9-16-12(18)19-13(2,3)4/h6-7,17H,5,8-10H2,1-4H3,(H,16,18). The highest BCUT2D eigenvalue weighted by Gasteiger charge is 2.30. The highest BCUT2D eigenvalue weighted by molar-refractivity contribution is 7.09. The zero-order valence-corrected chi connectivity index (χ0v) is 13.4. The Morgan fingerprint density at radius 3 is 2.65 bits per heavy atom. The molecule has 0 aliphatic carbocycles. The van der Waals surface area contributed by atoms with E-state index in [2.05, 4.69) is 10.3 Å². The van der Waals surface area contributed by atoms with Gasteiger partial charge in [-0.1, -0.05) is 6.92 Å². The summed E-state index contributed by atoms with van der Waals surface area (Å²) in [6, 6.07) is 0. The van der Waals surface area contributed by atoms with E-state index in [9.17, 15) is 9.90 Å². The minimum Gasteiger partial charge on any atom is -0.444 e. The van der Waals surface area contributed by atoms with Crippen LogP contribution in [0.1, 0.15) is 39.1 Å². The molecule has 0 fully saturated rings. The molecule has 0 aliphatic heterocycles. The lowest BCUT2D eigenvalue weighted by Crippen LogP contribution is -2.43. The number of alkyl carbamates (subject to hydrolysis) is 1. The lowest BCUT2D eigenvalue weighted by Gasteiger charge is -2.30. The monoisotopic (exact) mass is 300 g/mol. The predicted molar refractivity (Wildman–Crippen MR) is 79.9 cm³/mol. The van der Waals surface area contributed by atoms with Crippen LogP contribution in [0.25, 0.3) is 0 Å². The van der Waals surface area contributed by atoms with Crippen LogP contribution < -0.4 is 5.32 Å². The molecule has 1 atom stereocenters. The third-order valence-electron chi connectivity index (χ3n) is 3.10. The number of carbonyl (C=O) groups is 1. The van der Waals surface area contributed by atoms with E-state index < -0.39 is 17.1 Å². The molecule has 0 radical (unpaired) electrons. The van der Waals surface area contributed by atoms with Gasteiger partial charge in [0.25, 0.3) is 0 Å². The number of carbonyl (C=O) groups excluding carboxylic acids is 1. The van der Waals surface area contributed by atoms with Crippen molar-refractivity contribution in [3.63, 3.8) is 0 Å². The number of aliphatic hydroxyl groups excluding tert-OH is 1. The third-order valence-corrected chi connectivity index (χ3v) is 3.88. The second kappa shape index (κ2) is 7.04. The average molecular weight is 300 g/mol. The van der Waals surface area contributed by atoms with Gasteiger partial charge in [0.05, 0.1) is 11.6 Å². The van der Waals surface area contributed by atoms with Crippen molar-refractivity contribution in [1.29, 1.82) is 0 Å². The van der Waals surface area contributed by atoms with Crippen molar-refractivity contribution in [3.8, 4) is 0 Å². The van der Waals surface area contributed by atoms with Gasteiger partial charge in [0.1, 0.15) is 5.60 Å². The maximum Gasteiger partial charge on any atom is 0.407 e. The Morgan fingerprint density at radius 1 is 1.50 bits per heavy atom. The highest BCUT2D eigenvalue weighted by Crippen LogP contribution is 2.27. The van der Waals surface area contributed by atoms with Crippen molar-refractivity contribution < 1.29 is 14.6 Å². The van der Waals surface area contributed by atoms with Gasteiger partial charge in [-0.25, -0.2) is 9.78 Å². The second-order valence-corrected chi connectivity index (χ2v) is 6.95. The first-order valence-corrected chi connectivity index (χ1v) is 7.64. The van der Waals surface area contributed by atoms with Gasteiger partial charge < -0.3 is 15.2 Å². The van der Waals surface area contributed by atoms with Crippen LogP contribution in [0.2, 0.25) is 0 Å². The van der Waals surface area contributed by atoms with E-state index in [0.717, 1.165) is 11.4 Å². The molecule has 5 nitrogen and oxygen atoms in total. The Balaban J connectivity index is 2.60.